The quantitative estimate of drug-likeness (QED) is 0.825. The van der Waals surface area contributed by atoms with Crippen LogP contribution in [-0.2, 0) is 7.05 Å². The molecule has 1 aromatic heterocycles. The summed E-state index contributed by atoms with van der Waals surface area (Å²) in [4.78, 5) is 0. The molecule has 1 fully saturated rings. The molecule has 1 saturated carbocycles. The zero-order valence-corrected chi connectivity index (χ0v) is 11.4. The molecule has 4 nitrogen and oxygen atoms in total. The Morgan fingerprint density at radius 3 is 2.94 bits per heavy atom. The number of ether oxygens (including phenoxy) is 1. The summed E-state index contributed by atoms with van der Waals surface area (Å²) in [5.41, 5.74) is 1.31. The Balaban J connectivity index is 2.00. The van der Waals surface area contributed by atoms with Gasteiger partial charge in [-0.05, 0) is 31.6 Å². The minimum atomic E-state index is 0.571. The molecule has 1 aromatic rings. The fourth-order valence-corrected chi connectivity index (χ4v) is 2.84. The lowest BCUT2D eigenvalue weighted by atomic mass is 9.83. The van der Waals surface area contributed by atoms with Gasteiger partial charge in [-0.3, -0.25) is 0 Å². The van der Waals surface area contributed by atoms with Crippen molar-refractivity contribution in [3.63, 3.8) is 0 Å². The molecule has 0 aliphatic heterocycles. The summed E-state index contributed by atoms with van der Waals surface area (Å²) < 4.78 is 7.51. The second-order valence-corrected chi connectivity index (χ2v) is 5.45. The zero-order valence-electron chi connectivity index (χ0n) is 11.4. The number of nitriles is 1. The van der Waals surface area contributed by atoms with Gasteiger partial charge in [0.15, 0.2) is 0 Å². The van der Waals surface area contributed by atoms with Crippen molar-refractivity contribution in [3.05, 3.63) is 11.3 Å². The average molecular weight is 247 g/mol. The van der Waals surface area contributed by atoms with Gasteiger partial charge in [0.2, 0.25) is 5.88 Å². The largest absolute Gasteiger partial charge is 0.477 e. The average Bonchev–Trinajstić information content (AvgIpc) is 2.60. The van der Waals surface area contributed by atoms with Crippen molar-refractivity contribution in [3.8, 4) is 11.9 Å². The lowest BCUT2D eigenvalue weighted by Gasteiger charge is -2.26. The van der Waals surface area contributed by atoms with Gasteiger partial charge >= 0.3 is 0 Å². The van der Waals surface area contributed by atoms with Gasteiger partial charge in [-0.15, -0.1) is 0 Å². The van der Waals surface area contributed by atoms with Crippen LogP contribution in [-0.4, -0.2) is 16.4 Å². The van der Waals surface area contributed by atoms with Crippen molar-refractivity contribution >= 4 is 0 Å². The summed E-state index contributed by atoms with van der Waals surface area (Å²) in [6, 6.07) is 2.17. The topological polar surface area (TPSA) is 50.8 Å². The van der Waals surface area contributed by atoms with Crippen LogP contribution < -0.4 is 4.74 Å². The fraction of sp³-hybridized carbons (Fsp3) is 0.714. The molecule has 1 aliphatic rings. The van der Waals surface area contributed by atoms with Gasteiger partial charge in [-0.2, -0.15) is 10.4 Å². The van der Waals surface area contributed by atoms with Gasteiger partial charge in [0.1, 0.15) is 11.6 Å². The summed E-state index contributed by atoms with van der Waals surface area (Å²) in [6.45, 7) is 4.85. The lowest BCUT2D eigenvalue weighted by Crippen LogP contribution is -2.20. The van der Waals surface area contributed by atoms with Gasteiger partial charge in [0.25, 0.3) is 0 Å². The highest BCUT2D eigenvalue weighted by atomic mass is 16.5. The molecule has 0 saturated heterocycles. The van der Waals surface area contributed by atoms with Crippen LogP contribution >= 0.6 is 0 Å². The number of aromatic nitrogens is 2. The highest BCUT2D eigenvalue weighted by Crippen LogP contribution is 2.29. The van der Waals surface area contributed by atoms with E-state index in [2.05, 4.69) is 18.1 Å². The molecule has 2 unspecified atom stereocenters. The molecule has 0 amide bonds. The van der Waals surface area contributed by atoms with Crippen LogP contribution in [0.15, 0.2) is 0 Å². The molecule has 1 heterocycles. The van der Waals surface area contributed by atoms with E-state index in [-0.39, 0.29) is 0 Å². The van der Waals surface area contributed by atoms with Crippen LogP contribution in [0.2, 0.25) is 0 Å². The van der Waals surface area contributed by atoms with Crippen LogP contribution in [0.4, 0.5) is 0 Å². The third-order valence-electron chi connectivity index (χ3n) is 3.78. The Morgan fingerprint density at radius 2 is 2.28 bits per heavy atom. The first-order valence-corrected chi connectivity index (χ1v) is 6.68. The smallest absolute Gasteiger partial charge is 0.230 e. The van der Waals surface area contributed by atoms with E-state index >= 15 is 0 Å². The minimum absolute atomic E-state index is 0.571. The Bertz CT molecular complexity index is 458. The van der Waals surface area contributed by atoms with Crippen molar-refractivity contribution in [1.82, 2.24) is 9.78 Å². The van der Waals surface area contributed by atoms with Gasteiger partial charge in [-0.25, -0.2) is 4.68 Å². The van der Waals surface area contributed by atoms with Gasteiger partial charge in [0.05, 0.1) is 12.3 Å². The van der Waals surface area contributed by atoms with Crippen molar-refractivity contribution in [2.24, 2.45) is 18.9 Å². The van der Waals surface area contributed by atoms with E-state index in [1.807, 2.05) is 14.0 Å². The molecule has 98 valence electrons. The van der Waals surface area contributed by atoms with E-state index < -0.39 is 0 Å². The molecule has 4 heteroatoms. The molecule has 0 radical (unpaired) electrons. The summed E-state index contributed by atoms with van der Waals surface area (Å²) in [5, 5.41) is 13.3. The maximum absolute atomic E-state index is 9.11. The van der Waals surface area contributed by atoms with Gasteiger partial charge in [0, 0.05) is 7.05 Å². The molecule has 0 bridgehead atoms. The van der Waals surface area contributed by atoms with Crippen molar-refractivity contribution in [1.29, 1.82) is 5.26 Å². The maximum atomic E-state index is 9.11. The van der Waals surface area contributed by atoms with Crippen molar-refractivity contribution < 1.29 is 4.74 Å². The number of hydrogen-bond acceptors (Lipinski definition) is 3. The molecular formula is C14H21N3O. The molecule has 0 aromatic carbocycles. The normalized spacial score (nSPS) is 23.7. The van der Waals surface area contributed by atoms with Crippen molar-refractivity contribution in [2.75, 3.05) is 6.61 Å². The van der Waals surface area contributed by atoms with Gasteiger partial charge < -0.3 is 4.74 Å². The standard InChI is InChI=1S/C14H21N3O/c1-10-5-4-6-12(7-10)9-18-14-13(8-15)11(2)16-17(14)3/h10,12H,4-7,9H2,1-3H3. The van der Waals surface area contributed by atoms with E-state index in [0.717, 1.165) is 11.6 Å². The highest BCUT2D eigenvalue weighted by Gasteiger charge is 2.21. The third-order valence-corrected chi connectivity index (χ3v) is 3.78. The number of nitrogens with zero attached hydrogens (tertiary/aromatic N) is 3. The number of hydrogen-bond donors (Lipinski definition) is 0. The molecular weight excluding hydrogens is 226 g/mol. The first kappa shape index (κ1) is 12.9. The Hall–Kier alpha value is -1.50. The number of aryl methyl sites for hydroxylation is 2. The van der Waals surface area contributed by atoms with Crippen LogP contribution in [0.3, 0.4) is 0 Å². The number of rotatable bonds is 3. The molecule has 2 rings (SSSR count). The molecule has 18 heavy (non-hydrogen) atoms. The van der Waals surface area contributed by atoms with E-state index in [4.69, 9.17) is 10.00 Å². The van der Waals surface area contributed by atoms with E-state index in [1.54, 1.807) is 4.68 Å². The minimum Gasteiger partial charge on any atom is -0.477 e. The van der Waals surface area contributed by atoms with E-state index in [1.165, 1.54) is 25.7 Å². The second-order valence-electron chi connectivity index (χ2n) is 5.45. The lowest BCUT2D eigenvalue weighted by molar-refractivity contribution is 0.172. The van der Waals surface area contributed by atoms with E-state index in [0.29, 0.717) is 24.0 Å². The monoisotopic (exact) mass is 247 g/mol. The van der Waals surface area contributed by atoms with Crippen LogP contribution in [0.1, 0.15) is 43.9 Å². The second kappa shape index (κ2) is 5.43. The predicted molar refractivity (Wildman–Crippen MR) is 69.3 cm³/mol. The summed E-state index contributed by atoms with van der Waals surface area (Å²) >= 11 is 0. The SMILES string of the molecule is Cc1nn(C)c(OCC2CCCC(C)C2)c1C#N. The first-order valence-electron chi connectivity index (χ1n) is 6.68. The third kappa shape index (κ3) is 2.66. The highest BCUT2D eigenvalue weighted by molar-refractivity contribution is 5.41. The van der Waals surface area contributed by atoms with Crippen LogP contribution in [0, 0.1) is 30.1 Å². The zero-order chi connectivity index (χ0) is 13.1. The summed E-state index contributed by atoms with van der Waals surface area (Å²) in [5.74, 6) is 2.04. The van der Waals surface area contributed by atoms with Crippen LogP contribution in [0.5, 0.6) is 5.88 Å². The molecule has 0 spiro atoms. The van der Waals surface area contributed by atoms with Crippen molar-refractivity contribution in [2.45, 2.75) is 39.5 Å². The Kier molecular flexibility index (Phi) is 3.90. The molecule has 2 atom stereocenters. The van der Waals surface area contributed by atoms with E-state index in [9.17, 15) is 0 Å². The van der Waals surface area contributed by atoms with Crippen LogP contribution in [0.25, 0.3) is 0 Å². The first-order chi connectivity index (χ1) is 8.61. The molecule has 0 N–H and O–H groups in total. The maximum Gasteiger partial charge on any atom is 0.230 e. The molecule has 1 aliphatic carbocycles. The summed E-state index contributed by atoms with van der Waals surface area (Å²) in [7, 11) is 1.83. The fourth-order valence-electron chi connectivity index (χ4n) is 2.84. The van der Waals surface area contributed by atoms with Gasteiger partial charge in [-0.1, -0.05) is 19.8 Å². The Labute approximate surface area is 109 Å². The Morgan fingerprint density at radius 1 is 1.50 bits per heavy atom. The predicted octanol–water partition coefficient (Wildman–Crippen LogP) is 2.81. The summed E-state index contributed by atoms with van der Waals surface area (Å²) in [6.07, 6.45) is 5.11.